The largest absolute Gasteiger partial charge is 0.497 e. The number of nitrogens with one attached hydrogen (secondary N) is 2. The van der Waals surface area contributed by atoms with Gasteiger partial charge in [-0.1, -0.05) is 11.6 Å². The highest BCUT2D eigenvalue weighted by atomic mass is 35.5. The fraction of sp³-hybridized carbons (Fsp3) is 0.188. The van der Waals surface area contributed by atoms with E-state index in [0.717, 1.165) is 11.3 Å². The first-order valence-corrected chi connectivity index (χ1v) is 6.86. The molecule has 2 N–H and O–H groups in total. The van der Waals surface area contributed by atoms with Crippen molar-refractivity contribution >= 4 is 28.9 Å². The lowest BCUT2D eigenvalue weighted by molar-refractivity contribution is 0.102. The van der Waals surface area contributed by atoms with Crippen molar-refractivity contribution in [2.45, 2.75) is 6.92 Å². The van der Waals surface area contributed by atoms with Gasteiger partial charge in [0.25, 0.3) is 5.91 Å². The molecule has 0 saturated heterocycles. The van der Waals surface area contributed by atoms with Gasteiger partial charge in [-0.25, -0.2) is 0 Å². The minimum absolute atomic E-state index is 0.203. The van der Waals surface area contributed by atoms with E-state index in [1.807, 2.05) is 26.1 Å². The third-order valence-electron chi connectivity index (χ3n) is 3.18. The predicted molar refractivity (Wildman–Crippen MR) is 86.7 cm³/mol. The summed E-state index contributed by atoms with van der Waals surface area (Å²) in [5.74, 6) is 0.433. The molecule has 4 nitrogen and oxygen atoms in total. The molecule has 2 aromatic carbocycles. The summed E-state index contributed by atoms with van der Waals surface area (Å²) in [6.45, 7) is 1.89. The highest BCUT2D eigenvalue weighted by molar-refractivity contribution is 6.34. The van der Waals surface area contributed by atoms with Crippen LogP contribution in [-0.4, -0.2) is 20.1 Å². The zero-order valence-electron chi connectivity index (χ0n) is 12.2. The normalized spacial score (nSPS) is 10.1. The molecule has 0 aliphatic heterocycles. The molecule has 0 atom stereocenters. The average Bonchev–Trinajstić information content (AvgIpc) is 2.49. The number of halogens is 1. The topological polar surface area (TPSA) is 50.4 Å². The maximum absolute atomic E-state index is 12.4. The molecule has 2 rings (SSSR count). The Morgan fingerprint density at radius 3 is 2.57 bits per heavy atom. The molecule has 0 heterocycles. The smallest absolute Gasteiger partial charge is 0.255 e. The van der Waals surface area contributed by atoms with E-state index in [0.29, 0.717) is 22.0 Å². The third kappa shape index (κ3) is 3.47. The van der Waals surface area contributed by atoms with E-state index in [4.69, 9.17) is 16.3 Å². The summed E-state index contributed by atoms with van der Waals surface area (Å²) in [7, 11) is 3.40. The molecular weight excluding hydrogens is 288 g/mol. The molecule has 0 aliphatic carbocycles. The van der Waals surface area contributed by atoms with E-state index < -0.39 is 0 Å². The van der Waals surface area contributed by atoms with Crippen molar-refractivity contribution in [2.75, 3.05) is 24.8 Å². The van der Waals surface area contributed by atoms with Crippen molar-refractivity contribution < 1.29 is 9.53 Å². The number of carbonyl (C=O) groups is 1. The molecule has 0 aliphatic rings. The van der Waals surface area contributed by atoms with Gasteiger partial charge in [-0.15, -0.1) is 0 Å². The summed E-state index contributed by atoms with van der Waals surface area (Å²) < 4.78 is 5.13. The zero-order chi connectivity index (χ0) is 15.4. The van der Waals surface area contributed by atoms with Crippen LogP contribution in [0.15, 0.2) is 36.4 Å². The number of amides is 1. The Bertz CT molecular complexity index is 671. The van der Waals surface area contributed by atoms with Gasteiger partial charge in [0, 0.05) is 24.4 Å². The Morgan fingerprint density at radius 1 is 1.19 bits per heavy atom. The molecule has 0 radical (unpaired) electrons. The first-order valence-electron chi connectivity index (χ1n) is 6.48. The van der Waals surface area contributed by atoms with Crippen LogP contribution in [0, 0.1) is 6.92 Å². The van der Waals surface area contributed by atoms with E-state index >= 15 is 0 Å². The fourth-order valence-corrected chi connectivity index (χ4v) is 2.16. The summed E-state index contributed by atoms with van der Waals surface area (Å²) >= 11 is 6.09. The number of ether oxygens (including phenoxy) is 1. The minimum Gasteiger partial charge on any atom is -0.497 e. The number of benzene rings is 2. The first kappa shape index (κ1) is 15.2. The van der Waals surface area contributed by atoms with Gasteiger partial charge in [-0.3, -0.25) is 4.79 Å². The van der Waals surface area contributed by atoms with Crippen LogP contribution in [0.25, 0.3) is 0 Å². The summed E-state index contributed by atoms with van der Waals surface area (Å²) in [6.07, 6.45) is 0. The van der Waals surface area contributed by atoms with Gasteiger partial charge in [0.1, 0.15) is 5.75 Å². The maximum atomic E-state index is 12.4. The molecule has 2 aromatic rings. The summed E-state index contributed by atoms with van der Waals surface area (Å²) in [4.78, 5) is 12.4. The van der Waals surface area contributed by atoms with Crippen molar-refractivity contribution in [1.82, 2.24) is 0 Å². The molecule has 0 fully saturated rings. The number of rotatable bonds is 4. The fourth-order valence-electron chi connectivity index (χ4n) is 1.99. The van der Waals surface area contributed by atoms with Gasteiger partial charge in [-0.2, -0.15) is 0 Å². The van der Waals surface area contributed by atoms with E-state index in [1.165, 1.54) is 0 Å². The van der Waals surface area contributed by atoms with Crippen LogP contribution in [0.2, 0.25) is 5.02 Å². The number of aryl methyl sites for hydroxylation is 1. The monoisotopic (exact) mass is 304 g/mol. The van der Waals surface area contributed by atoms with Gasteiger partial charge in [0.15, 0.2) is 0 Å². The molecule has 110 valence electrons. The Kier molecular flexibility index (Phi) is 4.70. The Balaban J connectivity index is 2.26. The number of carbonyl (C=O) groups excluding carboxylic acids is 1. The standard InChI is InChI=1S/C16H17ClN2O2/c1-10-8-11(18-2)4-6-13(10)16(20)19-15-9-12(21-3)5-7-14(15)17/h4-9,18H,1-3H3,(H,19,20). The van der Waals surface area contributed by atoms with Gasteiger partial charge in [-0.05, 0) is 42.8 Å². The van der Waals surface area contributed by atoms with Crippen molar-refractivity contribution in [2.24, 2.45) is 0 Å². The second kappa shape index (κ2) is 6.50. The lowest BCUT2D eigenvalue weighted by atomic mass is 10.1. The summed E-state index contributed by atoms with van der Waals surface area (Å²) in [6, 6.07) is 10.7. The summed E-state index contributed by atoms with van der Waals surface area (Å²) in [5.41, 5.74) is 2.98. The van der Waals surface area contributed by atoms with Crippen LogP contribution in [0.1, 0.15) is 15.9 Å². The SMILES string of the molecule is CNc1ccc(C(=O)Nc2cc(OC)ccc2Cl)c(C)c1. The average molecular weight is 305 g/mol. The molecule has 1 amide bonds. The van der Waals surface area contributed by atoms with Crippen LogP contribution in [-0.2, 0) is 0 Å². The molecule has 5 heteroatoms. The van der Waals surface area contributed by atoms with Gasteiger partial charge < -0.3 is 15.4 Å². The van der Waals surface area contributed by atoms with Crippen LogP contribution in [0.5, 0.6) is 5.75 Å². The molecule has 0 spiro atoms. The van der Waals surface area contributed by atoms with E-state index in [1.54, 1.807) is 31.4 Å². The summed E-state index contributed by atoms with van der Waals surface area (Å²) in [5, 5.41) is 6.31. The molecule has 21 heavy (non-hydrogen) atoms. The lowest BCUT2D eigenvalue weighted by Crippen LogP contribution is -2.14. The molecular formula is C16H17ClN2O2. The quantitative estimate of drug-likeness (QED) is 0.899. The maximum Gasteiger partial charge on any atom is 0.255 e. The number of methoxy groups -OCH3 is 1. The zero-order valence-corrected chi connectivity index (χ0v) is 12.9. The molecule has 0 unspecified atom stereocenters. The Hall–Kier alpha value is -2.20. The van der Waals surface area contributed by atoms with Crippen LogP contribution < -0.4 is 15.4 Å². The Morgan fingerprint density at radius 2 is 1.95 bits per heavy atom. The van der Waals surface area contributed by atoms with E-state index in [-0.39, 0.29) is 5.91 Å². The number of hydrogen-bond acceptors (Lipinski definition) is 3. The van der Waals surface area contributed by atoms with Crippen LogP contribution in [0.4, 0.5) is 11.4 Å². The number of hydrogen-bond donors (Lipinski definition) is 2. The number of anilines is 2. The van der Waals surface area contributed by atoms with Crippen LogP contribution in [0.3, 0.4) is 0 Å². The van der Waals surface area contributed by atoms with Gasteiger partial charge >= 0.3 is 0 Å². The van der Waals surface area contributed by atoms with Crippen molar-refractivity contribution in [3.05, 3.63) is 52.5 Å². The van der Waals surface area contributed by atoms with Crippen molar-refractivity contribution in [1.29, 1.82) is 0 Å². The molecule has 0 bridgehead atoms. The van der Waals surface area contributed by atoms with Gasteiger partial charge in [0.2, 0.25) is 0 Å². The van der Waals surface area contributed by atoms with E-state index in [9.17, 15) is 4.79 Å². The third-order valence-corrected chi connectivity index (χ3v) is 3.51. The second-order valence-electron chi connectivity index (χ2n) is 4.58. The lowest BCUT2D eigenvalue weighted by Gasteiger charge is -2.11. The predicted octanol–water partition coefficient (Wildman–Crippen LogP) is 3.95. The highest BCUT2D eigenvalue weighted by Gasteiger charge is 2.12. The Labute approximate surface area is 129 Å². The van der Waals surface area contributed by atoms with E-state index in [2.05, 4.69) is 10.6 Å². The van der Waals surface area contributed by atoms with Crippen LogP contribution >= 0.6 is 11.6 Å². The van der Waals surface area contributed by atoms with Crippen molar-refractivity contribution in [3.8, 4) is 5.75 Å². The molecule has 0 aromatic heterocycles. The molecule has 0 saturated carbocycles. The van der Waals surface area contributed by atoms with Crippen molar-refractivity contribution in [3.63, 3.8) is 0 Å². The highest BCUT2D eigenvalue weighted by Crippen LogP contribution is 2.27. The second-order valence-corrected chi connectivity index (χ2v) is 4.99. The minimum atomic E-state index is -0.203. The first-order chi connectivity index (χ1) is 10.0. The van der Waals surface area contributed by atoms with Gasteiger partial charge in [0.05, 0.1) is 17.8 Å².